The topological polar surface area (TPSA) is 128 Å². The lowest BCUT2D eigenvalue weighted by molar-refractivity contribution is -0.384. The number of nitro groups is 1. The number of carbonyl (C=O) groups excluding carboxylic acids is 3. The molecule has 1 fully saturated rings. The second-order valence-corrected chi connectivity index (χ2v) is 11.0. The molecule has 40 heavy (non-hydrogen) atoms. The van der Waals surface area contributed by atoms with Gasteiger partial charge >= 0.3 is 0 Å². The Labute approximate surface area is 246 Å². The maximum absolute atomic E-state index is 13.0. The van der Waals surface area contributed by atoms with E-state index in [1.165, 1.54) is 31.4 Å². The quantitative estimate of drug-likeness (QED) is 0.116. The molecule has 1 N–H and O–H groups in total. The first-order chi connectivity index (χ1) is 19.2. The highest BCUT2D eigenvalue weighted by atomic mass is 79.9. The van der Waals surface area contributed by atoms with E-state index >= 15 is 0 Å². The van der Waals surface area contributed by atoms with Gasteiger partial charge in [-0.25, -0.2) is 0 Å². The average Bonchev–Trinajstić information content (AvgIpc) is 3.19. The van der Waals surface area contributed by atoms with Crippen LogP contribution in [0.4, 0.5) is 16.2 Å². The molecule has 206 valence electrons. The molecule has 0 unspecified atom stereocenters. The Balaban J connectivity index is 1.44. The zero-order valence-corrected chi connectivity index (χ0v) is 24.4. The van der Waals surface area contributed by atoms with Gasteiger partial charge in [0.25, 0.3) is 22.7 Å². The van der Waals surface area contributed by atoms with Crippen molar-refractivity contribution >= 4 is 74.0 Å². The van der Waals surface area contributed by atoms with E-state index in [1.807, 2.05) is 24.5 Å². The second-order valence-electron chi connectivity index (χ2n) is 8.29. The number of nitro benzene ring substituents is 1. The number of nitrogens with zero attached hydrogens (tertiary/aromatic N) is 2. The summed E-state index contributed by atoms with van der Waals surface area (Å²) in [4.78, 5) is 50.6. The molecule has 0 saturated carbocycles. The number of rotatable bonds is 10. The maximum atomic E-state index is 13.0. The van der Waals surface area contributed by atoms with Gasteiger partial charge in [0.15, 0.2) is 18.1 Å². The van der Waals surface area contributed by atoms with Crippen LogP contribution in [-0.4, -0.2) is 46.8 Å². The number of carbonyl (C=O) groups is 3. The molecular formula is C27H22BrN3O7S2. The van der Waals surface area contributed by atoms with Crippen LogP contribution in [0.3, 0.4) is 0 Å². The van der Waals surface area contributed by atoms with Gasteiger partial charge in [-0.1, -0.05) is 18.2 Å². The molecule has 0 aromatic heterocycles. The van der Waals surface area contributed by atoms with E-state index < -0.39 is 16.1 Å². The normalized spacial score (nSPS) is 14.0. The fraction of sp³-hybridized carbons (Fsp3) is 0.148. The molecule has 0 bridgehead atoms. The van der Waals surface area contributed by atoms with E-state index in [0.717, 1.165) is 21.6 Å². The Bertz CT molecular complexity index is 1510. The van der Waals surface area contributed by atoms with E-state index in [-0.39, 0.29) is 29.7 Å². The number of methoxy groups -OCH3 is 1. The van der Waals surface area contributed by atoms with Crippen LogP contribution in [0.15, 0.2) is 74.9 Å². The van der Waals surface area contributed by atoms with Crippen molar-refractivity contribution < 1.29 is 28.8 Å². The van der Waals surface area contributed by atoms with E-state index in [1.54, 1.807) is 36.0 Å². The molecule has 3 aromatic carbocycles. The van der Waals surface area contributed by atoms with Crippen molar-refractivity contribution in [2.45, 2.75) is 11.4 Å². The van der Waals surface area contributed by atoms with Gasteiger partial charge < -0.3 is 14.8 Å². The molecular weight excluding hydrogens is 622 g/mol. The monoisotopic (exact) mass is 643 g/mol. The summed E-state index contributed by atoms with van der Waals surface area (Å²) in [5.74, 6) is -0.203. The summed E-state index contributed by atoms with van der Waals surface area (Å²) in [7, 11) is 1.45. The van der Waals surface area contributed by atoms with Crippen molar-refractivity contribution in [3.8, 4) is 11.5 Å². The van der Waals surface area contributed by atoms with Gasteiger partial charge in [0, 0.05) is 22.7 Å². The van der Waals surface area contributed by atoms with Gasteiger partial charge in [-0.3, -0.25) is 29.4 Å². The van der Waals surface area contributed by atoms with E-state index in [9.17, 15) is 24.5 Å². The predicted octanol–water partition coefficient (Wildman–Crippen LogP) is 6.34. The van der Waals surface area contributed by atoms with Crippen molar-refractivity contribution in [3.05, 3.63) is 91.3 Å². The number of thioether (sulfide) groups is 2. The van der Waals surface area contributed by atoms with Crippen LogP contribution in [0.2, 0.25) is 0 Å². The number of imide groups is 1. The lowest BCUT2D eigenvalue weighted by atomic mass is 10.1. The first-order valence-electron chi connectivity index (χ1n) is 11.6. The Morgan fingerprint density at radius 1 is 1.18 bits per heavy atom. The molecule has 1 aliphatic heterocycles. The lowest BCUT2D eigenvalue weighted by Crippen LogP contribution is -2.27. The Morgan fingerprint density at radius 3 is 2.60 bits per heavy atom. The molecule has 0 aliphatic carbocycles. The minimum Gasteiger partial charge on any atom is -0.493 e. The molecule has 0 atom stereocenters. The SMILES string of the molecule is COc1cc(C=C2SC(=O)N(Cc3ccc([N+](=O)[O-])cc3)C2=O)cc(Br)c1OCC(=O)Nc1cccc(SC)c1. The first-order valence-corrected chi connectivity index (χ1v) is 14.4. The minimum absolute atomic E-state index is 0.0105. The summed E-state index contributed by atoms with van der Waals surface area (Å²) in [6, 6.07) is 16.4. The molecule has 3 aromatic rings. The van der Waals surface area contributed by atoms with E-state index in [4.69, 9.17) is 9.47 Å². The predicted molar refractivity (Wildman–Crippen MR) is 158 cm³/mol. The summed E-state index contributed by atoms with van der Waals surface area (Å²) >= 11 is 5.80. The zero-order valence-electron chi connectivity index (χ0n) is 21.2. The summed E-state index contributed by atoms with van der Waals surface area (Å²) in [5, 5.41) is 13.2. The average molecular weight is 645 g/mol. The largest absolute Gasteiger partial charge is 0.493 e. The third-order valence-electron chi connectivity index (χ3n) is 5.61. The van der Waals surface area contributed by atoms with Crippen LogP contribution in [-0.2, 0) is 16.1 Å². The smallest absolute Gasteiger partial charge is 0.293 e. The third-order valence-corrected chi connectivity index (χ3v) is 7.83. The van der Waals surface area contributed by atoms with Crippen LogP contribution in [0, 0.1) is 10.1 Å². The number of anilines is 1. The molecule has 1 aliphatic rings. The van der Waals surface area contributed by atoms with Crippen molar-refractivity contribution in [1.82, 2.24) is 4.90 Å². The number of hydrogen-bond donors (Lipinski definition) is 1. The molecule has 0 spiro atoms. The molecule has 1 saturated heterocycles. The standard InChI is InChI=1S/C27H22BrN3O7S2/c1-37-22-11-17(10-21(28)25(22)38-15-24(32)29-18-4-3-5-20(13-18)39-2)12-23-26(33)30(27(34)40-23)14-16-6-8-19(9-7-16)31(35)36/h3-13H,14-15H2,1-2H3,(H,29,32). The number of amides is 3. The van der Waals surface area contributed by atoms with Crippen LogP contribution < -0.4 is 14.8 Å². The van der Waals surface area contributed by atoms with Crippen LogP contribution in [0.1, 0.15) is 11.1 Å². The van der Waals surface area contributed by atoms with Crippen LogP contribution >= 0.6 is 39.5 Å². The zero-order chi connectivity index (χ0) is 28.8. The highest BCUT2D eigenvalue weighted by Crippen LogP contribution is 2.39. The van der Waals surface area contributed by atoms with Crippen molar-refractivity contribution in [3.63, 3.8) is 0 Å². The Morgan fingerprint density at radius 2 is 1.93 bits per heavy atom. The maximum Gasteiger partial charge on any atom is 0.293 e. The van der Waals surface area contributed by atoms with E-state index in [2.05, 4.69) is 21.2 Å². The lowest BCUT2D eigenvalue weighted by Gasteiger charge is -2.14. The highest BCUT2D eigenvalue weighted by molar-refractivity contribution is 9.10. The molecule has 13 heteroatoms. The summed E-state index contributed by atoms with van der Waals surface area (Å²) in [6.07, 6.45) is 3.51. The number of hydrogen-bond acceptors (Lipinski definition) is 9. The van der Waals surface area contributed by atoms with Gasteiger partial charge in [-0.2, -0.15) is 0 Å². The molecule has 0 radical (unpaired) electrons. The molecule has 1 heterocycles. The summed E-state index contributed by atoms with van der Waals surface area (Å²) < 4.78 is 11.7. The van der Waals surface area contributed by atoms with Gasteiger partial charge in [-0.05, 0) is 81.5 Å². The van der Waals surface area contributed by atoms with E-state index in [0.29, 0.717) is 32.8 Å². The number of halogens is 1. The number of non-ortho nitro benzene ring substituents is 1. The summed E-state index contributed by atoms with van der Waals surface area (Å²) in [6.45, 7) is -0.275. The van der Waals surface area contributed by atoms with Crippen LogP contribution in [0.5, 0.6) is 11.5 Å². The van der Waals surface area contributed by atoms with Gasteiger partial charge in [0.2, 0.25) is 0 Å². The van der Waals surface area contributed by atoms with Gasteiger partial charge in [0.05, 0.1) is 28.0 Å². The molecule has 3 amide bonds. The summed E-state index contributed by atoms with van der Waals surface area (Å²) in [5.41, 5.74) is 1.73. The fourth-order valence-electron chi connectivity index (χ4n) is 3.69. The van der Waals surface area contributed by atoms with Gasteiger partial charge in [0.1, 0.15) is 0 Å². The Hall–Kier alpha value is -3.81. The first kappa shape index (κ1) is 29.2. The van der Waals surface area contributed by atoms with Crippen LogP contribution in [0.25, 0.3) is 6.08 Å². The fourth-order valence-corrected chi connectivity index (χ4v) is 5.56. The molecule has 10 nitrogen and oxygen atoms in total. The Kier molecular flexibility index (Phi) is 9.50. The number of nitrogens with one attached hydrogen (secondary N) is 1. The minimum atomic E-state index is -0.518. The number of ether oxygens (including phenoxy) is 2. The molecule has 4 rings (SSSR count). The second kappa shape index (κ2) is 13.0. The number of benzene rings is 3. The van der Waals surface area contributed by atoms with Crippen molar-refractivity contribution in [2.24, 2.45) is 0 Å². The third kappa shape index (κ3) is 7.03. The van der Waals surface area contributed by atoms with Gasteiger partial charge in [-0.15, -0.1) is 11.8 Å². The van der Waals surface area contributed by atoms with Crippen molar-refractivity contribution in [1.29, 1.82) is 0 Å². The van der Waals surface area contributed by atoms with Crippen molar-refractivity contribution in [2.75, 3.05) is 25.3 Å². The highest BCUT2D eigenvalue weighted by Gasteiger charge is 2.35.